The number of rotatable bonds is 7. The number of hydrogen-bond acceptors (Lipinski definition) is 5. The highest BCUT2D eigenvalue weighted by atomic mass is 32.1. The number of carbonyl (C=O) groups is 1. The van der Waals surface area contributed by atoms with E-state index in [0.29, 0.717) is 30.2 Å². The van der Waals surface area contributed by atoms with Gasteiger partial charge in [0.2, 0.25) is 0 Å². The van der Waals surface area contributed by atoms with Crippen LogP contribution in [-0.2, 0) is 17.6 Å². The number of aliphatic carboxylic acids is 1. The first-order valence-electron chi connectivity index (χ1n) is 6.10. The van der Waals surface area contributed by atoms with E-state index in [1.165, 1.54) is 11.3 Å². The average molecular weight is 293 g/mol. The minimum absolute atomic E-state index is 0.0378. The number of methoxy groups -OCH3 is 1. The lowest BCUT2D eigenvalue weighted by atomic mass is 10.3. The fourth-order valence-corrected chi connectivity index (χ4v) is 2.47. The standard InChI is InChI=1S/C14H15NO4S/c1-18-11-4-2-3-5-12(11)19-7-6-13-15-10(9-20-13)8-14(16)17/h2-5,9H,6-8H2,1H3,(H,16,17). The van der Waals surface area contributed by atoms with Crippen LogP contribution in [0.15, 0.2) is 29.6 Å². The summed E-state index contributed by atoms with van der Waals surface area (Å²) >= 11 is 1.45. The smallest absolute Gasteiger partial charge is 0.309 e. The Morgan fingerprint density at radius 1 is 1.35 bits per heavy atom. The summed E-state index contributed by atoms with van der Waals surface area (Å²) in [6.07, 6.45) is 0.603. The Balaban J connectivity index is 1.86. The Bertz CT molecular complexity index is 582. The fraction of sp³-hybridized carbons (Fsp3) is 0.286. The molecule has 0 aliphatic heterocycles. The molecular formula is C14H15NO4S. The molecule has 0 radical (unpaired) electrons. The Hall–Kier alpha value is -2.08. The highest BCUT2D eigenvalue weighted by Crippen LogP contribution is 2.25. The third-order valence-electron chi connectivity index (χ3n) is 2.57. The Kier molecular flexibility index (Phi) is 4.95. The van der Waals surface area contributed by atoms with Gasteiger partial charge in [0.1, 0.15) is 0 Å². The van der Waals surface area contributed by atoms with E-state index in [4.69, 9.17) is 14.6 Å². The average Bonchev–Trinajstić information content (AvgIpc) is 2.86. The maximum absolute atomic E-state index is 10.6. The van der Waals surface area contributed by atoms with Crippen molar-refractivity contribution in [1.82, 2.24) is 4.98 Å². The van der Waals surface area contributed by atoms with Gasteiger partial charge in [-0.05, 0) is 12.1 Å². The van der Waals surface area contributed by atoms with Crippen LogP contribution in [0.25, 0.3) is 0 Å². The molecule has 1 N–H and O–H groups in total. The first-order valence-corrected chi connectivity index (χ1v) is 6.98. The number of benzene rings is 1. The lowest BCUT2D eigenvalue weighted by Gasteiger charge is -2.09. The van der Waals surface area contributed by atoms with E-state index < -0.39 is 5.97 Å². The topological polar surface area (TPSA) is 68.7 Å². The van der Waals surface area contributed by atoms with Crippen LogP contribution in [0.4, 0.5) is 0 Å². The van der Waals surface area contributed by atoms with E-state index in [9.17, 15) is 4.79 Å². The third kappa shape index (κ3) is 3.96. The molecule has 20 heavy (non-hydrogen) atoms. The van der Waals surface area contributed by atoms with Crippen LogP contribution >= 0.6 is 11.3 Å². The van der Waals surface area contributed by atoms with Gasteiger partial charge in [0.25, 0.3) is 0 Å². The largest absolute Gasteiger partial charge is 0.493 e. The fourth-order valence-electron chi connectivity index (χ4n) is 1.69. The molecule has 0 spiro atoms. The first kappa shape index (κ1) is 14.3. The van der Waals surface area contributed by atoms with Crippen LogP contribution in [0, 0.1) is 0 Å². The molecule has 1 aromatic carbocycles. The lowest BCUT2D eigenvalue weighted by molar-refractivity contribution is -0.136. The molecule has 106 valence electrons. The van der Waals surface area contributed by atoms with Gasteiger partial charge in [-0.2, -0.15) is 0 Å². The van der Waals surface area contributed by atoms with E-state index in [1.54, 1.807) is 12.5 Å². The SMILES string of the molecule is COc1ccccc1OCCc1nc(CC(=O)O)cs1. The van der Waals surface area contributed by atoms with Gasteiger partial charge in [0.05, 0.1) is 30.8 Å². The van der Waals surface area contributed by atoms with Crippen molar-refractivity contribution in [2.24, 2.45) is 0 Å². The van der Waals surface area contributed by atoms with Gasteiger partial charge in [-0.25, -0.2) is 4.98 Å². The third-order valence-corrected chi connectivity index (χ3v) is 3.53. The highest BCUT2D eigenvalue weighted by Gasteiger charge is 2.07. The lowest BCUT2D eigenvalue weighted by Crippen LogP contribution is -2.03. The molecule has 6 heteroatoms. The van der Waals surface area contributed by atoms with E-state index in [1.807, 2.05) is 24.3 Å². The van der Waals surface area contributed by atoms with Gasteiger partial charge in [-0.3, -0.25) is 4.79 Å². The molecule has 1 aromatic heterocycles. The van der Waals surface area contributed by atoms with Crippen molar-refractivity contribution >= 4 is 17.3 Å². The molecule has 0 aliphatic carbocycles. The molecule has 0 unspecified atom stereocenters. The molecule has 0 fully saturated rings. The van der Waals surface area contributed by atoms with Crippen LogP contribution < -0.4 is 9.47 Å². The predicted octanol–water partition coefficient (Wildman–Crippen LogP) is 2.40. The summed E-state index contributed by atoms with van der Waals surface area (Å²) in [5.74, 6) is 0.516. The van der Waals surface area contributed by atoms with Crippen LogP contribution in [0.2, 0.25) is 0 Å². The minimum atomic E-state index is -0.868. The first-order chi connectivity index (χ1) is 9.69. The van der Waals surface area contributed by atoms with Crippen molar-refractivity contribution in [2.75, 3.05) is 13.7 Å². The number of thiazole rings is 1. The summed E-state index contributed by atoms with van der Waals surface area (Å²) < 4.78 is 10.8. The van der Waals surface area contributed by atoms with Gasteiger partial charge in [-0.1, -0.05) is 12.1 Å². The molecule has 0 aliphatic rings. The maximum Gasteiger partial charge on any atom is 0.309 e. The molecule has 0 saturated heterocycles. The summed E-state index contributed by atoms with van der Waals surface area (Å²) in [4.78, 5) is 14.8. The quantitative estimate of drug-likeness (QED) is 0.849. The summed E-state index contributed by atoms with van der Waals surface area (Å²) in [5, 5.41) is 11.3. The van der Waals surface area contributed by atoms with E-state index in [2.05, 4.69) is 4.98 Å². The summed E-state index contributed by atoms with van der Waals surface area (Å²) in [5.41, 5.74) is 0.592. The monoisotopic (exact) mass is 293 g/mol. The Morgan fingerprint density at radius 3 is 2.80 bits per heavy atom. The number of carboxylic acid groups (broad SMARTS) is 1. The summed E-state index contributed by atoms with van der Waals surface area (Å²) in [7, 11) is 1.60. The second kappa shape index (κ2) is 6.91. The predicted molar refractivity (Wildman–Crippen MR) is 75.6 cm³/mol. The zero-order valence-corrected chi connectivity index (χ0v) is 11.9. The molecule has 1 heterocycles. The molecule has 2 rings (SSSR count). The van der Waals surface area contributed by atoms with Crippen molar-refractivity contribution < 1.29 is 19.4 Å². The van der Waals surface area contributed by atoms with E-state index in [-0.39, 0.29) is 6.42 Å². The number of aromatic nitrogens is 1. The van der Waals surface area contributed by atoms with Gasteiger partial charge < -0.3 is 14.6 Å². The summed E-state index contributed by atoms with van der Waals surface area (Å²) in [6, 6.07) is 7.44. The minimum Gasteiger partial charge on any atom is -0.493 e. The molecule has 2 aromatic rings. The number of nitrogens with zero attached hydrogens (tertiary/aromatic N) is 1. The van der Waals surface area contributed by atoms with Gasteiger partial charge in [0.15, 0.2) is 11.5 Å². The molecule has 0 bridgehead atoms. The van der Waals surface area contributed by atoms with Gasteiger partial charge in [-0.15, -0.1) is 11.3 Å². The number of carboxylic acids is 1. The van der Waals surface area contributed by atoms with Crippen molar-refractivity contribution in [3.8, 4) is 11.5 Å². The number of hydrogen-bond donors (Lipinski definition) is 1. The van der Waals surface area contributed by atoms with Gasteiger partial charge >= 0.3 is 5.97 Å². The number of ether oxygens (including phenoxy) is 2. The van der Waals surface area contributed by atoms with Crippen molar-refractivity contribution in [2.45, 2.75) is 12.8 Å². The second-order valence-electron chi connectivity index (χ2n) is 4.05. The van der Waals surface area contributed by atoms with Crippen molar-refractivity contribution in [3.63, 3.8) is 0 Å². The highest BCUT2D eigenvalue weighted by molar-refractivity contribution is 7.09. The zero-order chi connectivity index (χ0) is 14.4. The van der Waals surface area contributed by atoms with E-state index in [0.717, 1.165) is 5.01 Å². The Morgan fingerprint density at radius 2 is 2.10 bits per heavy atom. The molecule has 0 saturated carbocycles. The molecule has 5 nitrogen and oxygen atoms in total. The van der Waals surface area contributed by atoms with Crippen molar-refractivity contribution in [1.29, 1.82) is 0 Å². The number of para-hydroxylation sites is 2. The zero-order valence-electron chi connectivity index (χ0n) is 11.0. The molecule has 0 atom stereocenters. The normalized spacial score (nSPS) is 10.2. The van der Waals surface area contributed by atoms with Crippen LogP contribution in [-0.4, -0.2) is 29.8 Å². The van der Waals surface area contributed by atoms with E-state index >= 15 is 0 Å². The van der Waals surface area contributed by atoms with Crippen LogP contribution in [0.1, 0.15) is 10.7 Å². The van der Waals surface area contributed by atoms with Crippen molar-refractivity contribution in [3.05, 3.63) is 40.3 Å². The summed E-state index contributed by atoms with van der Waals surface area (Å²) in [6.45, 7) is 0.473. The van der Waals surface area contributed by atoms with Gasteiger partial charge in [0, 0.05) is 11.8 Å². The van der Waals surface area contributed by atoms with Crippen LogP contribution in [0.3, 0.4) is 0 Å². The Labute approximate surface area is 120 Å². The molecule has 0 amide bonds. The van der Waals surface area contributed by atoms with Crippen LogP contribution in [0.5, 0.6) is 11.5 Å². The molecular weight excluding hydrogens is 278 g/mol. The maximum atomic E-state index is 10.6. The second-order valence-corrected chi connectivity index (χ2v) is 5.00.